The number of amides is 1. The van der Waals surface area contributed by atoms with Gasteiger partial charge in [-0.3, -0.25) is 4.79 Å². The lowest BCUT2D eigenvalue weighted by Gasteiger charge is -2.05. The highest BCUT2D eigenvalue weighted by atomic mass is 16.5. The Morgan fingerprint density at radius 3 is 2.23 bits per heavy atom. The van der Waals surface area contributed by atoms with Gasteiger partial charge >= 0.3 is 0 Å². The van der Waals surface area contributed by atoms with Crippen LogP contribution in [0.2, 0.25) is 0 Å². The molecule has 0 aliphatic rings. The van der Waals surface area contributed by atoms with Gasteiger partial charge in [-0.2, -0.15) is 0 Å². The second-order valence-electron chi connectivity index (χ2n) is 7.19. The smallest absolute Gasteiger partial charge is 0.291 e. The van der Waals surface area contributed by atoms with Gasteiger partial charge in [-0.1, -0.05) is 72.3 Å². The van der Waals surface area contributed by atoms with Crippen LogP contribution in [0.25, 0.3) is 12.2 Å². The number of hydrogen-bond acceptors (Lipinski definition) is 3. The molecule has 4 aromatic rings. The fourth-order valence-corrected chi connectivity index (χ4v) is 2.99. The van der Waals surface area contributed by atoms with E-state index in [0.717, 1.165) is 16.9 Å². The summed E-state index contributed by atoms with van der Waals surface area (Å²) in [6, 6.07) is 28.9. The SMILES string of the molecule is Cc1ccc(OCc2ccc(C(=O)Nc3ccc(/C=C/c4ccccc4)cc3)o2)cc1. The van der Waals surface area contributed by atoms with Crippen LogP contribution in [0.4, 0.5) is 5.69 Å². The Morgan fingerprint density at radius 1 is 0.839 bits per heavy atom. The summed E-state index contributed by atoms with van der Waals surface area (Å²) < 4.78 is 11.3. The van der Waals surface area contributed by atoms with Crippen LogP contribution in [-0.4, -0.2) is 5.91 Å². The Hall–Kier alpha value is -4.05. The molecule has 1 amide bonds. The lowest BCUT2D eigenvalue weighted by Crippen LogP contribution is -2.10. The van der Waals surface area contributed by atoms with Crippen molar-refractivity contribution in [1.82, 2.24) is 0 Å². The summed E-state index contributed by atoms with van der Waals surface area (Å²) in [6.45, 7) is 2.29. The molecule has 154 valence electrons. The maximum atomic E-state index is 12.5. The zero-order valence-electron chi connectivity index (χ0n) is 17.2. The summed E-state index contributed by atoms with van der Waals surface area (Å²) in [5.74, 6) is 1.30. The van der Waals surface area contributed by atoms with E-state index in [1.54, 1.807) is 12.1 Å². The minimum absolute atomic E-state index is 0.246. The number of ether oxygens (including phenoxy) is 1. The minimum Gasteiger partial charge on any atom is -0.486 e. The number of nitrogens with one attached hydrogen (secondary N) is 1. The van der Waals surface area contributed by atoms with E-state index in [-0.39, 0.29) is 18.3 Å². The van der Waals surface area contributed by atoms with Gasteiger partial charge in [0.2, 0.25) is 0 Å². The average Bonchev–Trinajstić information content (AvgIpc) is 3.28. The summed E-state index contributed by atoms with van der Waals surface area (Å²) >= 11 is 0. The predicted octanol–water partition coefficient (Wildman–Crippen LogP) is 6.59. The van der Waals surface area contributed by atoms with Gasteiger partial charge in [0.05, 0.1) is 0 Å². The van der Waals surface area contributed by atoms with Gasteiger partial charge in [-0.05, 0) is 54.4 Å². The van der Waals surface area contributed by atoms with Crippen molar-refractivity contribution in [2.75, 3.05) is 5.32 Å². The number of anilines is 1. The molecular formula is C27H23NO3. The van der Waals surface area contributed by atoms with Crippen LogP contribution in [0, 0.1) is 6.92 Å². The van der Waals surface area contributed by atoms with Crippen molar-refractivity contribution in [3.05, 3.63) is 119 Å². The molecule has 0 atom stereocenters. The van der Waals surface area contributed by atoms with Gasteiger partial charge in [0, 0.05) is 5.69 Å². The fourth-order valence-electron chi connectivity index (χ4n) is 2.99. The van der Waals surface area contributed by atoms with E-state index < -0.39 is 0 Å². The molecule has 0 bridgehead atoms. The summed E-state index contributed by atoms with van der Waals surface area (Å²) in [4.78, 5) is 12.5. The lowest BCUT2D eigenvalue weighted by atomic mass is 10.1. The second kappa shape index (κ2) is 9.63. The monoisotopic (exact) mass is 409 g/mol. The molecule has 1 aromatic heterocycles. The predicted molar refractivity (Wildman–Crippen MR) is 124 cm³/mol. The van der Waals surface area contributed by atoms with Crippen molar-refractivity contribution in [1.29, 1.82) is 0 Å². The number of rotatable bonds is 7. The molecule has 0 spiro atoms. The third kappa shape index (κ3) is 5.73. The quantitative estimate of drug-likeness (QED) is 0.350. The second-order valence-corrected chi connectivity index (χ2v) is 7.19. The Labute approximate surface area is 181 Å². The lowest BCUT2D eigenvalue weighted by molar-refractivity contribution is 0.0992. The van der Waals surface area contributed by atoms with E-state index in [1.165, 1.54) is 5.56 Å². The van der Waals surface area contributed by atoms with Crippen LogP contribution in [0.5, 0.6) is 5.75 Å². The molecule has 0 radical (unpaired) electrons. The van der Waals surface area contributed by atoms with E-state index in [0.29, 0.717) is 11.4 Å². The number of carbonyl (C=O) groups excluding carboxylic acids is 1. The van der Waals surface area contributed by atoms with Crippen LogP contribution in [-0.2, 0) is 6.61 Å². The van der Waals surface area contributed by atoms with Crippen LogP contribution in [0.1, 0.15) is 33.0 Å². The van der Waals surface area contributed by atoms with E-state index in [2.05, 4.69) is 23.5 Å². The zero-order valence-corrected chi connectivity index (χ0v) is 17.2. The molecule has 0 aliphatic heterocycles. The molecule has 0 saturated heterocycles. The molecule has 0 fully saturated rings. The number of benzene rings is 3. The number of hydrogen-bond donors (Lipinski definition) is 1. The summed E-state index contributed by atoms with van der Waals surface area (Å²) in [6.07, 6.45) is 4.09. The van der Waals surface area contributed by atoms with Crippen LogP contribution < -0.4 is 10.1 Å². The standard InChI is InChI=1S/C27H23NO3/c1-20-7-15-24(16-8-20)30-19-25-17-18-26(31-25)27(29)28-23-13-11-22(12-14-23)10-9-21-5-3-2-4-6-21/h2-18H,19H2,1H3,(H,28,29)/b10-9+. The van der Waals surface area contributed by atoms with Crippen molar-refractivity contribution in [3.63, 3.8) is 0 Å². The molecule has 1 heterocycles. The molecule has 0 saturated carbocycles. The summed E-state index contributed by atoms with van der Waals surface area (Å²) in [7, 11) is 0. The molecular weight excluding hydrogens is 386 g/mol. The highest BCUT2D eigenvalue weighted by Crippen LogP contribution is 2.17. The highest BCUT2D eigenvalue weighted by molar-refractivity contribution is 6.02. The maximum absolute atomic E-state index is 12.5. The molecule has 4 heteroatoms. The van der Waals surface area contributed by atoms with Crippen LogP contribution in [0.3, 0.4) is 0 Å². The van der Waals surface area contributed by atoms with Crippen molar-refractivity contribution in [2.45, 2.75) is 13.5 Å². The first kappa shape index (κ1) is 20.2. The van der Waals surface area contributed by atoms with Gasteiger partial charge in [0.15, 0.2) is 5.76 Å². The van der Waals surface area contributed by atoms with Gasteiger partial charge in [-0.25, -0.2) is 0 Å². The first-order valence-electron chi connectivity index (χ1n) is 10.1. The molecule has 1 N–H and O–H groups in total. The van der Waals surface area contributed by atoms with Crippen LogP contribution in [0.15, 0.2) is 95.4 Å². The first-order chi connectivity index (χ1) is 15.2. The maximum Gasteiger partial charge on any atom is 0.291 e. The molecule has 31 heavy (non-hydrogen) atoms. The average molecular weight is 409 g/mol. The van der Waals surface area contributed by atoms with E-state index in [1.807, 2.05) is 79.7 Å². The first-order valence-corrected chi connectivity index (χ1v) is 10.1. The van der Waals surface area contributed by atoms with Crippen molar-refractivity contribution in [2.24, 2.45) is 0 Å². The normalized spacial score (nSPS) is 10.9. The molecule has 0 unspecified atom stereocenters. The van der Waals surface area contributed by atoms with E-state index >= 15 is 0 Å². The highest BCUT2D eigenvalue weighted by Gasteiger charge is 2.12. The molecule has 4 rings (SSSR count). The fraction of sp³-hybridized carbons (Fsp3) is 0.0741. The Kier molecular flexibility index (Phi) is 6.29. The summed E-state index contributed by atoms with van der Waals surface area (Å²) in [5.41, 5.74) is 4.07. The Morgan fingerprint density at radius 2 is 1.52 bits per heavy atom. The number of aryl methyl sites for hydroxylation is 1. The van der Waals surface area contributed by atoms with Crippen molar-refractivity contribution < 1.29 is 13.9 Å². The third-order valence-electron chi connectivity index (χ3n) is 4.72. The third-order valence-corrected chi connectivity index (χ3v) is 4.72. The van der Waals surface area contributed by atoms with E-state index in [9.17, 15) is 4.79 Å². The Balaban J connectivity index is 1.32. The van der Waals surface area contributed by atoms with Gasteiger partial charge in [0.25, 0.3) is 5.91 Å². The Bertz CT molecular complexity index is 1160. The molecule has 3 aromatic carbocycles. The van der Waals surface area contributed by atoms with Crippen LogP contribution >= 0.6 is 0 Å². The number of furan rings is 1. The van der Waals surface area contributed by atoms with Gasteiger partial charge in [0.1, 0.15) is 18.1 Å². The van der Waals surface area contributed by atoms with Crippen molar-refractivity contribution >= 4 is 23.7 Å². The van der Waals surface area contributed by atoms with Gasteiger partial charge < -0.3 is 14.5 Å². The largest absolute Gasteiger partial charge is 0.486 e. The molecule has 0 aliphatic carbocycles. The van der Waals surface area contributed by atoms with E-state index in [4.69, 9.17) is 9.15 Å². The van der Waals surface area contributed by atoms with Gasteiger partial charge in [-0.15, -0.1) is 0 Å². The zero-order chi connectivity index (χ0) is 21.5. The topological polar surface area (TPSA) is 51.5 Å². The molecule has 4 nitrogen and oxygen atoms in total. The van der Waals surface area contributed by atoms with Crippen molar-refractivity contribution in [3.8, 4) is 5.75 Å². The summed E-state index contributed by atoms with van der Waals surface area (Å²) in [5, 5.41) is 2.85. The minimum atomic E-state index is -0.297. The number of carbonyl (C=O) groups is 1.